The Balaban J connectivity index is 1.58. The van der Waals surface area contributed by atoms with Crippen LogP contribution in [-0.4, -0.2) is 40.8 Å². The Kier molecular flexibility index (Phi) is 4.22. The number of aryl methyl sites for hydroxylation is 1. The Bertz CT molecular complexity index is 1180. The van der Waals surface area contributed by atoms with Crippen LogP contribution in [0.3, 0.4) is 0 Å². The molecule has 5 rings (SSSR count). The summed E-state index contributed by atoms with van der Waals surface area (Å²) in [6.07, 6.45) is 9.18. The summed E-state index contributed by atoms with van der Waals surface area (Å²) in [6, 6.07) is 1.59. The number of nitrogens with one attached hydrogen (secondary N) is 2. The molecule has 1 aliphatic rings. The molecule has 0 amide bonds. The van der Waals surface area contributed by atoms with Crippen LogP contribution < -0.4 is 5.32 Å². The van der Waals surface area contributed by atoms with Crippen molar-refractivity contribution in [1.82, 2.24) is 34.8 Å². The van der Waals surface area contributed by atoms with Gasteiger partial charge < -0.3 is 5.32 Å². The van der Waals surface area contributed by atoms with Gasteiger partial charge in [-0.2, -0.15) is 19.7 Å². The van der Waals surface area contributed by atoms with Crippen LogP contribution in [0.1, 0.15) is 43.0 Å². The minimum Gasteiger partial charge on any atom is -0.351 e. The molecule has 4 aromatic heterocycles. The van der Waals surface area contributed by atoms with Gasteiger partial charge in [0.25, 0.3) is 0 Å². The van der Waals surface area contributed by atoms with Crippen LogP contribution in [0.2, 0.25) is 0 Å². The maximum atomic E-state index is 13.7. The second-order valence-corrected chi connectivity index (χ2v) is 7.71. The van der Waals surface area contributed by atoms with E-state index < -0.39 is 5.82 Å². The van der Waals surface area contributed by atoms with Gasteiger partial charge in [0.15, 0.2) is 11.5 Å². The van der Waals surface area contributed by atoms with E-state index in [0.717, 1.165) is 30.5 Å². The highest BCUT2D eigenvalue weighted by molar-refractivity contribution is 5.62. The van der Waals surface area contributed by atoms with Gasteiger partial charge in [0.2, 0.25) is 5.95 Å². The van der Waals surface area contributed by atoms with Crippen molar-refractivity contribution < 1.29 is 4.39 Å². The van der Waals surface area contributed by atoms with Crippen LogP contribution in [-0.2, 0) is 12.8 Å². The summed E-state index contributed by atoms with van der Waals surface area (Å²) in [4.78, 5) is 13.3. The molecule has 1 atom stereocenters. The lowest BCUT2D eigenvalue weighted by molar-refractivity contribution is 0.596. The van der Waals surface area contributed by atoms with Crippen LogP contribution >= 0.6 is 0 Å². The van der Waals surface area contributed by atoms with Gasteiger partial charge in [-0.1, -0.05) is 13.8 Å². The predicted molar refractivity (Wildman–Crippen MR) is 106 cm³/mol. The van der Waals surface area contributed by atoms with Gasteiger partial charge in [-0.3, -0.25) is 10.1 Å². The van der Waals surface area contributed by atoms with E-state index in [1.807, 2.05) is 12.4 Å². The minimum absolute atomic E-state index is 0.198. The summed E-state index contributed by atoms with van der Waals surface area (Å²) < 4.78 is 15.5. The Morgan fingerprint density at radius 2 is 2.10 bits per heavy atom. The largest absolute Gasteiger partial charge is 0.351 e. The molecule has 0 bridgehead atoms. The number of fused-ring (bicyclic) bond motifs is 2. The first-order chi connectivity index (χ1) is 14.1. The molecule has 0 fully saturated rings. The van der Waals surface area contributed by atoms with Gasteiger partial charge >= 0.3 is 0 Å². The van der Waals surface area contributed by atoms with Crippen molar-refractivity contribution in [3.8, 4) is 11.4 Å². The lowest BCUT2D eigenvalue weighted by Gasteiger charge is -2.23. The predicted octanol–water partition coefficient (Wildman–Crippen LogP) is 3.14. The summed E-state index contributed by atoms with van der Waals surface area (Å²) >= 11 is 0. The van der Waals surface area contributed by atoms with Gasteiger partial charge in [0, 0.05) is 29.1 Å². The molecule has 0 saturated carbocycles. The van der Waals surface area contributed by atoms with Crippen molar-refractivity contribution >= 4 is 11.6 Å². The van der Waals surface area contributed by atoms with Crippen molar-refractivity contribution in [3.05, 3.63) is 53.5 Å². The molecule has 9 heteroatoms. The van der Waals surface area contributed by atoms with Crippen LogP contribution in [0.15, 0.2) is 30.9 Å². The van der Waals surface area contributed by atoms with Gasteiger partial charge in [-0.25, -0.2) is 9.37 Å². The highest BCUT2D eigenvalue weighted by atomic mass is 19.1. The summed E-state index contributed by atoms with van der Waals surface area (Å²) in [6.45, 7) is 4.19. The molecule has 2 N–H and O–H groups in total. The highest BCUT2D eigenvalue weighted by Crippen LogP contribution is 2.26. The van der Waals surface area contributed by atoms with Gasteiger partial charge in [0.1, 0.15) is 5.82 Å². The third-order valence-corrected chi connectivity index (χ3v) is 5.33. The van der Waals surface area contributed by atoms with E-state index in [1.54, 1.807) is 10.7 Å². The van der Waals surface area contributed by atoms with Gasteiger partial charge in [0.05, 0.1) is 18.6 Å². The number of aromatic amines is 1. The molecule has 148 valence electrons. The van der Waals surface area contributed by atoms with Crippen LogP contribution in [0, 0.1) is 5.82 Å². The number of anilines is 1. The fourth-order valence-corrected chi connectivity index (χ4v) is 3.78. The summed E-state index contributed by atoms with van der Waals surface area (Å²) in [7, 11) is 0. The number of aromatic nitrogens is 7. The number of halogens is 1. The first-order valence-electron chi connectivity index (χ1n) is 9.72. The molecule has 0 aromatic carbocycles. The molecule has 0 aliphatic heterocycles. The van der Waals surface area contributed by atoms with E-state index in [2.05, 4.69) is 49.4 Å². The third-order valence-electron chi connectivity index (χ3n) is 5.33. The smallest absolute Gasteiger partial charge is 0.228 e. The Morgan fingerprint density at radius 1 is 1.21 bits per heavy atom. The van der Waals surface area contributed by atoms with Crippen LogP contribution in [0.25, 0.3) is 17.0 Å². The summed E-state index contributed by atoms with van der Waals surface area (Å²) in [5.41, 5.74) is 4.69. The summed E-state index contributed by atoms with van der Waals surface area (Å²) in [5, 5.41) is 15.2. The molecule has 29 heavy (non-hydrogen) atoms. The second kappa shape index (κ2) is 6.91. The number of nitrogens with zero attached hydrogens (tertiary/aromatic N) is 6. The third kappa shape index (κ3) is 3.22. The van der Waals surface area contributed by atoms with E-state index in [4.69, 9.17) is 0 Å². The number of H-pyrrole nitrogens is 1. The fourth-order valence-electron chi connectivity index (χ4n) is 3.78. The molecular weight excluding hydrogens is 371 g/mol. The first kappa shape index (κ1) is 17.7. The normalized spacial score (nSPS) is 16.3. The van der Waals surface area contributed by atoms with E-state index in [-0.39, 0.29) is 12.0 Å². The molecule has 8 nitrogen and oxygen atoms in total. The molecule has 0 spiro atoms. The first-order valence-corrected chi connectivity index (χ1v) is 9.72. The zero-order valence-electron chi connectivity index (χ0n) is 16.2. The fraction of sp³-hybridized carbons (Fsp3) is 0.350. The molecule has 4 heterocycles. The minimum atomic E-state index is -0.419. The average molecular weight is 392 g/mol. The molecule has 1 aliphatic carbocycles. The second-order valence-electron chi connectivity index (χ2n) is 7.71. The van der Waals surface area contributed by atoms with Crippen molar-refractivity contribution in [2.24, 2.45) is 0 Å². The Hall–Kier alpha value is -3.36. The number of hydrogen-bond donors (Lipinski definition) is 2. The summed E-state index contributed by atoms with van der Waals surface area (Å²) in [5.74, 6) is 0.849. The zero-order valence-corrected chi connectivity index (χ0v) is 16.2. The lowest BCUT2D eigenvalue weighted by Crippen LogP contribution is -2.28. The zero-order chi connectivity index (χ0) is 20.0. The van der Waals surface area contributed by atoms with Gasteiger partial charge in [-0.05, 0) is 36.8 Å². The van der Waals surface area contributed by atoms with Crippen molar-refractivity contribution in [1.29, 1.82) is 0 Å². The maximum absolute atomic E-state index is 13.7. The SMILES string of the molecule is CC(C)c1cnn2c(NC3CCc4[nH]ncc4C3)nc(-c3cncc(F)c3)nc12. The monoisotopic (exact) mass is 392 g/mol. The molecule has 0 saturated heterocycles. The number of rotatable bonds is 4. The Morgan fingerprint density at radius 3 is 2.93 bits per heavy atom. The van der Waals surface area contributed by atoms with E-state index >= 15 is 0 Å². The van der Waals surface area contributed by atoms with E-state index in [1.165, 1.54) is 23.5 Å². The van der Waals surface area contributed by atoms with Crippen molar-refractivity contribution in [2.75, 3.05) is 5.32 Å². The van der Waals surface area contributed by atoms with Crippen LogP contribution in [0.4, 0.5) is 10.3 Å². The van der Waals surface area contributed by atoms with Crippen LogP contribution in [0.5, 0.6) is 0 Å². The number of pyridine rings is 1. The Labute approximate surface area is 166 Å². The maximum Gasteiger partial charge on any atom is 0.228 e. The highest BCUT2D eigenvalue weighted by Gasteiger charge is 2.23. The van der Waals surface area contributed by atoms with E-state index in [9.17, 15) is 4.39 Å². The van der Waals surface area contributed by atoms with Crippen molar-refractivity contribution in [3.63, 3.8) is 0 Å². The molecular formula is C20H21FN8. The number of hydrogen-bond acceptors (Lipinski definition) is 6. The topological polar surface area (TPSA) is 96.7 Å². The lowest BCUT2D eigenvalue weighted by atomic mass is 9.94. The van der Waals surface area contributed by atoms with Crippen molar-refractivity contribution in [2.45, 2.75) is 45.1 Å². The van der Waals surface area contributed by atoms with Gasteiger partial charge in [-0.15, -0.1) is 0 Å². The molecule has 0 radical (unpaired) electrons. The standard InChI is InChI=1S/C20H21FN8/c1-11(2)16-10-24-29-19(16)26-18(13-5-14(21)9-22-7-13)27-20(29)25-15-3-4-17-12(6-15)8-23-28-17/h5,7-11,15H,3-4,6H2,1-2H3,(H,23,28)(H,25,26,27). The van der Waals surface area contributed by atoms with E-state index in [0.29, 0.717) is 17.3 Å². The average Bonchev–Trinajstić information content (AvgIpc) is 3.34. The molecule has 4 aromatic rings. The quantitative estimate of drug-likeness (QED) is 0.554. The molecule has 1 unspecified atom stereocenters.